The molecular formula is C31H44F3NO8. The first-order chi connectivity index (χ1) is 20.9. The number of alkyl halides is 3. The van der Waals surface area contributed by atoms with Gasteiger partial charge in [-0.3, -0.25) is 0 Å². The van der Waals surface area contributed by atoms with Crippen molar-refractivity contribution in [3.63, 3.8) is 0 Å². The Hall–Kier alpha value is -2.74. The van der Waals surface area contributed by atoms with E-state index in [4.69, 9.17) is 33.2 Å². The number of nitrogens with one attached hydrogen (secondary N) is 1. The van der Waals surface area contributed by atoms with Gasteiger partial charge in [-0.05, 0) is 36.8 Å². The highest BCUT2D eigenvalue weighted by molar-refractivity contribution is 5.96. The van der Waals surface area contributed by atoms with Crippen LogP contribution in [0.4, 0.5) is 24.5 Å². The predicted octanol–water partition coefficient (Wildman–Crippen LogP) is 5.90. The molecular weight excluding hydrogens is 571 g/mol. The van der Waals surface area contributed by atoms with Crippen LogP contribution in [0.3, 0.4) is 0 Å². The van der Waals surface area contributed by atoms with Gasteiger partial charge in [0.2, 0.25) is 0 Å². The number of anilines is 2. The Kier molecular flexibility index (Phi) is 19.3. The first kappa shape index (κ1) is 36.5. The van der Waals surface area contributed by atoms with Crippen molar-refractivity contribution < 1.29 is 51.1 Å². The fourth-order valence-corrected chi connectivity index (χ4v) is 3.63. The van der Waals surface area contributed by atoms with Gasteiger partial charge in [-0.2, -0.15) is 13.2 Å². The maximum Gasteiger partial charge on any atom is 0.416 e. The summed E-state index contributed by atoms with van der Waals surface area (Å²) in [5.41, 5.74) is -0.0601. The topological polar surface area (TPSA) is 93.7 Å². The fourth-order valence-electron chi connectivity index (χ4n) is 3.63. The second-order valence-corrected chi connectivity index (χ2v) is 9.27. The Morgan fingerprint density at radius 3 is 1.70 bits per heavy atom. The number of esters is 1. The molecule has 0 bridgehead atoms. The Balaban J connectivity index is 1.43. The molecule has 0 fully saturated rings. The number of para-hydroxylation sites is 1. The number of carbonyl (C=O) groups excluding carboxylic acids is 1. The molecule has 1 N–H and O–H groups in total. The molecule has 0 aliphatic rings. The molecule has 0 spiro atoms. The Morgan fingerprint density at radius 2 is 1.16 bits per heavy atom. The van der Waals surface area contributed by atoms with Crippen molar-refractivity contribution >= 4 is 17.3 Å². The third-order valence-corrected chi connectivity index (χ3v) is 5.83. The molecule has 2 aromatic carbocycles. The van der Waals surface area contributed by atoms with Crippen molar-refractivity contribution in [1.82, 2.24) is 0 Å². The lowest BCUT2D eigenvalue weighted by molar-refractivity contribution is -0.137. The Morgan fingerprint density at radius 1 is 0.651 bits per heavy atom. The van der Waals surface area contributed by atoms with Gasteiger partial charge in [-0.25, -0.2) is 4.79 Å². The van der Waals surface area contributed by atoms with E-state index in [1.807, 2.05) is 0 Å². The first-order valence-corrected chi connectivity index (χ1v) is 14.6. The van der Waals surface area contributed by atoms with Crippen molar-refractivity contribution in [2.24, 2.45) is 0 Å². The molecule has 0 atom stereocenters. The molecule has 0 aliphatic carbocycles. The van der Waals surface area contributed by atoms with Crippen LogP contribution in [0, 0.1) is 0 Å². The van der Waals surface area contributed by atoms with Gasteiger partial charge in [0.25, 0.3) is 0 Å². The number of carbonyl (C=O) groups is 1. The molecule has 2 aromatic rings. The fraction of sp³-hybridized carbons (Fsp3) is 0.581. The molecule has 0 unspecified atom stereocenters. The third-order valence-electron chi connectivity index (χ3n) is 5.83. The lowest BCUT2D eigenvalue weighted by Gasteiger charge is -2.13. The predicted molar refractivity (Wildman–Crippen MR) is 156 cm³/mol. The molecule has 2 rings (SSSR count). The monoisotopic (exact) mass is 615 g/mol. The summed E-state index contributed by atoms with van der Waals surface area (Å²) in [7, 11) is 0. The van der Waals surface area contributed by atoms with E-state index in [9.17, 15) is 18.0 Å². The van der Waals surface area contributed by atoms with Crippen LogP contribution >= 0.6 is 0 Å². The molecule has 0 amide bonds. The number of rotatable bonds is 25. The highest BCUT2D eigenvalue weighted by Crippen LogP contribution is 2.32. The van der Waals surface area contributed by atoms with Crippen molar-refractivity contribution in [3.8, 4) is 0 Å². The standard InChI is InChI=1S/C31H44F3NO8/c1-2-3-6-12-37-13-14-38-15-16-39-17-18-40-19-20-41-21-22-42-23-24-43-30(36)28-10-4-5-11-29(28)35-27-9-7-8-26(25-27)31(32,33)34/h4-5,7-11,25,35H,2-3,6,12-24H2,1H3. The molecule has 0 saturated heterocycles. The molecule has 0 aromatic heterocycles. The minimum absolute atomic E-state index is 0.0116. The number of unbranched alkanes of at least 4 members (excludes halogenated alkanes) is 2. The molecule has 0 heterocycles. The molecule has 0 radical (unpaired) electrons. The lowest BCUT2D eigenvalue weighted by atomic mass is 10.1. The zero-order valence-electron chi connectivity index (χ0n) is 24.8. The normalized spacial score (nSPS) is 11.5. The zero-order valence-corrected chi connectivity index (χ0v) is 24.8. The summed E-state index contributed by atoms with van der Waals surface area (Å²) in [6.45, 7) is 7.79. The summed E-state index contributed by atoms with van der Waals surface area (Å²) in [6.07, 6.45) is -0.998. The maximum absolute atomic E-state index is 13.0. The highest BCUT2D eigenvalue weighted by Gasteiger charge is 2.30. The van der Waals surface area contributed by atoms with Crippen LogP contribution in [0.5, 0.6) is 0 Å². The van der Waals surface area contributed by atoms with Crippen LogP contribution in [0.15, 0.2) is 48.5 Å². The molecule has 12 heteroatoms. The average molecular weight is 616 g/mol. The van der Waals surface area contributed by atoms with Gasteiger partial charge >= 0.3 is 12.1 Å². The quantitative estimate of drug-likeness (QED) is 0.108. The number of hydrogen-bond donors (Lipinski definition) is 1. The highest BCUT2D eigenvalue weighted by atomic mass is 19.4. The Labute approximate surface area is 251 Å². The number of hydrogen-bond acceptors (Lipinski definition) is 9. The van der Waals surface area contributed by atoms with E-state index in [2.05, 4.69) is 12.2 Å². The summed E-state index contributed by atoms with van der Waals surface area (Å²) in [5, 5.41) is 2.86. The second kappa shape index (κ2) is 22.8. The van der Waals surface area contributed by atoms with Crippen molar-refractivity contribution in [2.75, 3.05) is 91.2 Å². The van der Waals surface area contributed by atoms with Crippen LogP contribution in [-0.2, 0) is 39.3 Å². The van der Waals surface area contributed by atoms with E-state index in [-0.39, 0.29) is 24.5 Å². The zero-order chi connectivity index (χ0) is 31.0. The minimum atomic E-state index is -4.47. The smallest absolute Gasteiger partial charge is 0.416 e. The van der Waals surface area contributed by atoms with Crippen LogP contribution in [-0.4, -0.2) is 91.9 Å². The van der Waals surface area contributed by atoms with Gasteiger partial charge in [0.05, 0.1) is 89.5 Å². The average Bonchev–Trinajstić information content (AvgIpc) is 2.99. The van der Waals surface area contributed by atoms with Gasteiger partial charge < -0.3 is 38.5 Å². The summed E-state index contributed by atoms with van der Waals surface area (Å²) in [6, 6.07) is 11.2. The summed E-state index contributed by atoms with van der Waals surface area (Å²) in [5.74, 6) is -0.619. The number of halogens is 3. The van der Waals surface area contributed by atoms with E-state index in [0.29, 0.717) is 71.8 Å². The van der Waals surface area contributed by atoms with E-state index < -0.39 is 17.7 Å². The van der Waals surface area contributed by atoms with Crippen LogP contribution < -0.4 is 5.32 Å². The van der Waals surface area contributed by atoms with E-state index in [1.165, 1.54) is 31.0 Å². The van der Waals surface area contributed by atoms with Crippen molar-refractivity contribution in [2.45, 2.75) is 32.4 Å². The van der Waals surface area contributed by atoms with Crippen molar-refractivity contribution in [3.05, 3.63) is 59.7 Å². The van der Waals surface area contributed by atoms with Crippen LogP contribution in [0.25, 0.3) is 0 Å². The molecule has 242 valence electrons. The van der Waals surface area contributed by atoms with Gasteiger partial charge in [0.1, 0.15) is 6.61 Å². The minimum Gasteiger partial charge on any atom is -0.460 e. The van der Waals surface area contributed by atoms with Gasteiger partial charge in [-0.15, -0.1) is 0 Å². The summed E-state index contributed by atoms with van der Waals surface area (Å²) in [4.78, 5) is 12.5. The lowest BCUT2D eigenvalue weighted by Crippen LogP contribution is -2.15. The van der Waals surface area contributed by atoms with Crippen molar-refractivity contribution in [1.29, 1.82) is 0 Å². The summed E-state index contributed by atoms with van der Waals surface area (Å²) >= 11 is 0. The SMILES string of the molecule is CCCCCOCCOCCOCCOCCOCCOCCOC(=O)c1ccccc1Nc1cccc(C(F)(F)F)c1. The van der Waals surface area contributed by atoms with Gasteiger partial charge in [0.15, 0.2) is 0 Å². The number of ether oxygens (including phenoxy) is 7. The maximum atomic E-state index is 13.0. The number of benzene rings is 2. The third kappa shape index (κ3) is 17.2. The molecule has 43 heavy (non-hydrogen) atoms. The molecule has 9 nitrogen and oxygen atoms in total. The first-order valence-electron chi connectivity index (χ1n) is 14.6. The van der Waals surface area contributed by atoms with Crippen LogP contribution in [0.2, 0.25) is 0 Å². The van der Waals surface area contributed by atoms with Crippen LogP contribution in [0.1, 0.15) is 42.1 Å². The molecule has 0 aliphatic heterocycles. The second-order valence-electron chi connectivity index (χ2n) is 9.27. The van der Waals surface area contributed by atoms with Gasteiger partial charge in [0, 0.05) is 12.3 Å². The Bertz CT molecular complexity index is 1010. The molecule has 0 saturated carbocycles. The summed E-state index contributed by atoms with van der Waals surface area (Å²) < 4.78 is 76.9. The largest absolute Gasteiger partial charge is 0.460 e. The van der Waals surface area contributed by atoms with E-state index in [1.54, 1.807) is 18.2 Å². The van der Waals surface area contributed by atoms with E-state index >= 15 is 0 Å². The van der Waals surface area contributed by atoms with E-state index in [0.717, 1.165) is 25.2 Å². The van der Waals surface area contributed by atoms with Gasteiger partial charge in [-0.1, -0.05) is 38.0 Å².